The zero-order chi connectivity index (χ0) is 28.6. The summed E-state index contributed by atoms with van der Waals surface area (Å²) in [5.41, 5.74) is 6.40. The highest BCUT2D eigenvalue weighted by molar-refractivity contribution is 7.99. The van der Waals surface area contributed by atoms with E-state index in [1.54, 1.807) is 53.7 Å². The number of carbonyl (C=O) groups is 2. The summed E-state index contributed by atoms with van der Waals surface area (Å²) >= 11 is 1.71. The summed E-state index contributed by atoms with van der Waals surface area (Å²) in [7, 11) is 1.55. The van der Waals surface area contributed by atoms with Gasteiger partial charge in [0.1, 0.15) is 5.54 Å². The molecule has 11 nitrogen and oxygen atoms in total. The van der Waals surface area contributed by atoms with Gasteiger partial charge in [-0.25, -0.2) is 4.79 Å². The number of allylic oxidation sites excluding steroid dienone is 2. The summed E-state index contributed by atoms with van der Waals surface area (Å²) in [5, 5.41) is 0. The first kappa shape index (κ1) is 27.9. The number of ketones is 1. The summed E-state index contributed by atoms with van der Waals surface area (Å²) in [6.45, 7) is 5.41. The molecular weight excluding hydrogens is 530 g/mol. The second kappa shape index (κ2) is 11.1. The van der Waals surface area contributed by atoms with Crippen LogP contribution in [0.4, 0.5) is 5.95 Å². The van der Waals surface area contributed by atoms with E-state index in [1.165, 1.54) is 4.57 Å². The second-order valence-corrected chi connectivity index (χ2v) is 11.9. The minimum atomic E-state index is -1.07. The van der Waals surface area contributed by atoms with Gasteiger partial charge in [-0.1, -0.05) is 42.0 Å². The Hall–Kier alpha value is -3.64. The zero-order valence-electron chi connectivity index (χ0n) is 23.1. The molecule has 2 N–H and O–H groups in total. The highest BCUT2D eigenvalue weighted by atomic mass is 32.2. The van der Waals surface area contributed by atoms with Gasteiger partial charge in [0.15, 0.2) is 16.9 Å². The smallest absolute Gasteiger partial charge is 0.332 e. The van der Waals surface area contributed by atoms with Crippen molar-refractivity contribution in [2.24, 2.45) is 12.8 Å². The standard InChI is InChI=1S/C28H35N7O4S/c1-19(2)10-13-34-22-23(31(3)27(39)35(24(22)37)16-21(36)20-8-5-4-6-9-20)30-26(34)32-12-7-11-28(29,17-32)25(38)33-14-15-40-18-33/h4-6,8-10H,7,11-18,29H2,1-3H3. The number of benzene rings is 1. The van der Waals surface area contributed by atoms with Crippen molar-refractivity contribution in [1.29, 1.82) is 0 Å². The number of piperidine rings is 1. The molecule has 0 spiro atoms. The molecule has 0 radical (unpaired) electrons. The molecule has 212 valence electrons. The van der Waals surface area contributed by atoms with Crippen LogP contribution in [-0.4, -0.2) is 72.1 Å². The number of anilines is 1. The predicted octanol–water partition coefficient (Wildman–Crippen LogP) is 1.58. The number of aryl methyl sites for hydroxylation is 1. The first-order valence-electron chi connectivity index (χ1n) is 13.4. The van der Waals surface area contributed by atoms with Crippen LogP contribution in [-0.2, 0) is 24.9 Å². The van der Waals surface area contributed by atoms with Crippen molar-refractivity contribution in [3.8, 4) is 0 Å². The van der Waals surface area contributed by atoms with Crippen molar-refractivity contribution in [1.82, 2.24) is 23.6 Å². The van der Waals surface area contributed by atoms with Gasteiger partial charge in [0.05, 0.1) is 12.4 Å². The van der Waals surface area contributed by atoms with Gasteiger partial charge in [-0.15, -0.1) is 11.8 Å². The van der Waals surface area contributed by atoms with Crippen LogP contribution in [0.1, 0.15) is 37.0 Å². The zero-order valence-corrected chi connectivity index (χ0v) is 23.9. The molecule has 40 heavy (non-hydrogen) atoms. The Morgan fingerprint density at radius 3 is 2.55 bits per heavy atom. The van der Waals surface area contributed by atoms with E-state index in [4.69, 9.17) is 10.7 Å². The van der Waals surface area contributed by atoms with Crippen molar-refractivity contribution in [2.45, 2.75) is 45.3 Å². The summed E-state index contributed by atoms with van der Waals surface area (Å²) in [4.78, 5) is 62.0. The number of Topliss-reactive ketones (excluding diaryl/α,β-unsaturated/α-hetero) is 1. The Labute approximate surface area is 236 Å². The maximum absolute atomic E-state index is 13.8. The Bertz CT molecular complexity index is 1600. The van der Waals surface area contributed by atoms with E-state index in [1.807, 2.05) is 29.7 Å². The number of hydrogen-bond donors (Lipinski definition) is 1. The van der Waals surface area contributed by atoms with E-state index >= 15 is 0 Å². The second-order valence-electron chi connectivity index (χ2n) is 10.8. The summed E-state index contributed by atoms with van der Waals surface area (Å²) < 4.78 is 4.05. The van der Waals surface area contributed by atoms with Gasteiger partial charge in [0.25, 0.3) is 5.56 Å². The average molecular weight is 566 g/mol. The lowest BCUT2D eigenvalue weighted by molar-refractivity contribution is -0.135. The van der Waals surface area contributed by atoms with Crippen LogP contribution in [0.2, 0.25) is 0 Å². The number of rotatable bonds is 7. The van der Waals surface area contributed by atoms with E-state index in [2.05, 4.69) is 0 Å². The fourth-order valence-corrected chi connectivity index (χ4v) is 6.31. The van der Waals surface area contributed by atoms with E-state index < -0.39 is 16.8 Å². The quantitative estimate of drug-likeness (QED) is 0.338. The van der Waals surface area contributed by atoms with Crippen LogP contribution in [0.5, 0.6) is 0 Å². The number of imidazole rings is 1. The van der Waals surface area contributed by atoms with Gasteiger partial charge < -0.3 is 20.1 Å². The van der Waals surface area contributed by atoms with Gasteiger partial charge >= 0.3 is 5.69 Å². The third-order valence-electron chi connectivity index (χ3n) is 7.56. The summed E-state index contributed by atoms with van der Waals surface area (Å²) in [6, 6.07) is 8.59. The molecule has 2 fully saturated rings. The molecule has 1 unspecified atom stereocenters. The van der Waals surface area contributed by atoms with Crippen molar-refractivity contribution in [2.75, 3.05) is 36.2 Å². The number of carbonyl (C=O) groups excluding carboxylic acids is 2. The van der Waals surface area contributed by atoms with Gasteiger partial charge in [0.2, 0.25) is 11.9 Å². The van der Waals surface area contributed by atoms with E-state index in [0.29, 0.717) is 49.9 Å². The highest BCUT2D eigenvalue weighted by Gasteiger charge is 2.43. The number of thioether (sulfide) groups is 1. The molecule has 1 amide bonds. The average Bonchev–Trinajstić information content (AvgIpc) is 3.62. The largest absolute Gasteiger partial charge is 0.340 e. The van der Waals surface area contributed by atoms with Gasteiger partial charge in [0, 0.05) is 44.5 Å². The van der Waals surface area contributed by atoms with Gasteiger partial charge in [-0.05, 0) is 26.7 Å². The lowest BCUT2D eigenvalue weighted by atomic mass is 9.88. The molecule has 0 aliphatic carbocycles. The van der Waals surface area contributed by atoms with Crippen LogP contribution in [0.25, 0.3) is 11.2 Å². The molecule has 0 bridgehead atoms. The molecule has 1 aromatic carbocycles. The lowest BCUT2D eigenvalue weighted by Crippen LogP contribution is -2.63. The maximum atomic E-state index is 13.8. The minimum Gasteiger partial charge on any atom is -0.340 e. The maximum Gasteiger partial charge on any atom is 0.332 e. The fourth-order valence-electron chi connectivity index (χ4n) is 5.37. The molecule has 2 saturated heterocycles. The molecule has 2 aliphatic heterocycles. The molecule has 4 heterocycles. The number of amides is 1. The van der Waals surface area contributed by atoms with Crippen LogP contribution >= 0.6 is 11.8 Å². The Morgan fingerprint density at radius 2 is 1.88 bits per heavy atom. The van der Waals surface area contributed by atoms with E-state index in [9.17, 15) is 19.2 Å². The van der Waals surface area contributed by atoms with Gasteiger partial charge in [-0.2, -0.15) is 4.98 Å². The van der Waals surface area contributed by atoms with Crippen molar-refractivity contribution < 1.29 is 9.59 Å². The van der Waals surface area contributed by atoms with Crippen LogP contribution < -0.4 is 21.9 Å². The summed E-state index contributed by atoms with van der Waals surface area (Å²) in [6.07, 6.45) is 3.22. The third-order valence-corrected chi connectivity index (χ3v) is 8.53. The molecule has 2 aliphatic rings. The van der Waals surface area contributed by atoms with E-state index in [0.717, 1.165) is 15.9 Å². The van der Waals surface area contributed by atoms with E-state index in [-0.39, 0.29) is 35.9 Å². The number of hydrogen-bond acceptors (Lipinski definition) is 8. The number of aromatic nitrogens is 4. The molecule has 5 rings (SSSR count). The monoisotopic (exact) mass is 565 g/mol. The third kappa shape index (κ3) is 5.13. The Kier molecular flexibility index (Phi) is 7.74. The Balaban J connectivity index is 1.60. The SMILES string of the molecule is CC(C)=CCn1c(N2CCCC(N)(C(=O)N3CCSC3)C2)nc2c1c(=O)n(CC(=O)c1ccccc1)c(=O)n2C. The lowest BCUT2D eigenvalue weighted by Gasteiger charge is -2.41. The first-order chi connectivity index (χ1) is 19.1. The topological polar surface area (TPSA) is 128 Å². The molecule has 2 aromatic heterocycles. The molecule has 3 aromatic rings. The van der Waals surface area contributed by atoms with Crippen LogP contribution in [0.3, 0.4) is 0 Å². The number of fused-ring (bicyclic) bond motifs is 1. The Morgan fingerprint density at radius 1 is 1.12 bits per heavy atom. The van der Waals surface area contributed by atoms with Crippen LogP contribution in [0.15, 0.2) is 51.6 Å². The predicted molar refractivity (Wildman–Crippen MR) is 157 cm³/mol. The molecule has 12 heteroatoms. The minimum absolute atomic E-state index is 0.0664. The molecule has 1 atom stereocenters. The number of nitrogens with zero attached hydrogens (tertiary/aromatic N) is 6. The van der Waals surface area contributed by atoms with Gasteiger partial charge in [-0.3, -0.25) is 23.5 Å². The number of nitrogens with two attached hydrogens (primary N) is 1. The van der Waals surface area contributed by atoms with Crippen molar-refractivity contribution in [3.05, 3.63) is 68.4 Å². The normalized spacial score (nSPS) is 19.3. The molecule has 0 saturated carbocycles. The summed E-state index contributed by atoms with van der Waals surface area (Å²) in [5.74, 6) is 1.61. The van der Waals surface area contributed by atoms with Crippen LogP contribution in [0, 0.1) is 0 Å². The molecular formula is C28H35N7O4S. The highest BCUT2D eigenvalue weighted by Crippen LogP contribution is 2.29. The first-order valence-corrected chi connectivity index (χ1v) is 14.6. The fraction of sp³-hybridized carbons (Fsp3) is 0.464. The van der Waals surface area contributed by atoms with Crippen molar-refractivity contribution in [3.63, 3.8) is 0 Å². The van der Waals surface area contributed by atoms with Crippen molar-refractivity contribution >= 4 is 40.6 Å².